The largest absolute Gasteiger partial charge is 0.368 e. The fourth-order valence-electron chi connectivity index (χ4n) is 1.04. The van der Waals surface area contributed by atoms with Crippen molar-refractivity contribution in [3.05, 3.63) is 35.6 Å². The van der Waals surface area contributed by atoms with Crippen LogP contribution in [0.5, 0.6) is 0 Å². The second kappa shape index (κ2) is 3.59. The highest BCUT2D eigenvalue weighted by Crippen LogP contribution is 2.16. The number of aromatic nitrogens is 3. The van der Waals surface area contributed by atoms with Crippen molar-refractivity contribution >= 4 is 17.5 Å². The molecule has 0 aliphatic carbocycles. The molecule has 2 aromatic rings. The van der Waals surface area contributed by atoms with E-state index in [0.717, 1.165) is 5.69 Å². The molecule has 0 saturated carbocycles. The number of pyridine rings is 1. The Bertz CT molecular complexity index is 441. The molecule has 4 nitrogen and oxygen atoms in total. The number of hydrogen-bond acceptors (Lipinski definition) is 4. The summed E-state index contributed by atoms with van der Waals surface area (Å²) in [5, 5.41) is 0.593. The number of nitrogens with two attached hydrogens (primary N) is 1. The Morgan fingerprint density at radius 3 is 2.57 bits per heavy atom. The summed E-state index contributed by atoms with van der Waals surface area (Å²) in [6, 6.07) is 5.28. The standard InChI is InChI=1S/C9H7ClN4/c10-6-1-2-7(13-5-6)8-3-4-12-9(11)14-8/h1-5H,(H2,11,12,14). The molecule has 0 fully saturated rings. The first kappa shape index (κ1) is 8.90. The maximum Gasteiger partial charge on any atom is 0.220 e. The number of anilines is 1. The van der Waals surface area contributed by atoms with Crippen LogP contribution in [0, 0.1) is 0 Å². The molecule has 0 aliphatic rings. The molecule has 14 heavy (non-hydrogen) atoms. The van der Waals surface area contributed by atoms with Gasteiger partial charge in [0.1, 0.15) is 0 Å². The SMILES string of the molecule is Nc1nccc(-c2ccc(Cl)cn2)n1. The average Bonchev–Trinajstić information content (AvgIpc) is 2.19. The summed E-state index contributed by atoms with van der Waals surface area (Å²) in [6.07, 6.45) is 3.16. The minimum absolute atomic E-state index is 0.235. The lowest BCUT2D eigenvalue weighted by Gasteiger charge is -1.99. The molecule has 0 atom stereocenters. The summed E-state index contributed by atoms with van der Waals surface area (Å²) >= 11 is 5.71. The summed E-state index contributed by atoms with van der Waals surface area (Å²) in [5.41, 5.74) is 6.86. The second-order valence-electron chi connectivity index (χ2n) is 2.66. The first-order valence-electron chi connectivity index (χ1n) is 3.96. The highest BCUT2D eigenvalue weighted by molar-refractivity contribution is 6.30. The van der Waals surface area contributed by atoms with Crippen molar-refractivity contribution < 1.29 is 0 Å². The lowest BCUT2D eigenvalue weighted by atomic mass is 10.3. The van der Waals surface area contributed by atoms with Crippen molar-refractivity contribution in [3.63, 3.8) is 0 Å². The fourth-order valence-corrected chi connectivity index (χ4v) is 1.16. The zero-order valence-corrected chi connectivity index (χ0v) is 7.94. The van der Waals surface area contributed by atoms with Gasteiger partial charge in [-0.3, -0.25) is 4.98 Å². The van der Waals surface area contributed by atoms with Crippen LogP contribution in [0.25, 0.3) is 11.4 Å². The van der Waals surface area contributed by atoms with Gasteiger partial charge in [-0.1, -0.05) is 11.6 Å². The van der Waals surface area contributed by atoms with Crippen LogP contribution in [0.15, 0.2) is 30.6 Å². The van der Waals surface area contributed by atoms with Crippen LogP contribution < -0.4 is 5.73 Å². The van der Waals surface area contributed by atoms with E-state index in [1.165, 1.54) is 0 Å². The predicted octanol–water partition coefficient (Wildman–Crippen LogP) is 1.77. The monoisotopic (exact) mass is 206 g/mol. The fraction of sp³-hybridized carbons (Fsp3) is 0. The third-order valence-electron chi connectivity index (χ3n) is 1.66. The van der Waals surface area contributed by atoms with Crippen LogP contribution in [0.4, 0.5) is 5.95 Å². The van der Waals surface area contributed by atoms with Crippen LogP contribution in [-0.2, 0) is 0 Å². The zero-order valence-electron chi connectivity index (χ0n) is 7.18. The minimum atomic E-state index is 0.235. The Hall–Kier alpha value is -1.68. The summed E-state index contributed by atoms with van der Waals surface area (Å²) in [7, 11) is 0. The number of halogens is 1. The third-order valence-corrected chi connectivity index (χ3v) is 1.89. The molecule has 0 aromatic carbocycles. The lowest BCUT2D eigenvalue weighted by Crippen LogP contribution is -1.95. The van der Waals surface area contributed by atoms with Crippen LogP contribution >= 0.6 is 11.6 Å². The summed E-state index contributed by atoms with van der Waals surface area (Å²) in [4.78, 5) is 11.9. The molecule has 2 rings (SSSR count). The van der Waals surface area contributed by atoms with Gasteiger partial charge in [0, 0.05) is 12.4 Å². The Morgan fingerprint density at radius 1 is 1.07 bits per heavy atom. The molecule has 2 aromatic heterocycles. The van der Waals surface area contributed by atoms with Crippen LogP contribution in [0.2, 0.25) is 5.02 Å². The van der Waals surface area contributed by atoms with Crippen molar-refractivity contribution in [2.24, 2.45) is 0 Å². The van der Waals surface area contributed by atoms with Gasteiger partial charge in [0.25, 0.3) is 0 Å². The lowest BCUT2D eigenvalue weighted by molar-refractivity contribution is 1.17. The van der Waals surface area contributed by atoms with Crippen molar-refractivity contribution in [2.45, 2.75) is 0 Å². The third kappa shape index (κ3) is 1.80. The van der Waals surface area contributed by atoms with Gasteiger partial charge in [0.05, 0.1) is 16.4 Å². The molecule has 70 valence electrons. The van der Waals surface area contributed by atoms with E-state index < -0.39 is 0 Å². The summed E-state index contributed by atoms with van der Waals surface area (Å²) < 4.78 is 0. The molecule has 0 saturated heterocycles. The van der Waals surface area contributed by atoms with E-state index in [-0.39, 0.29) is 5.95 Å². The normalized spacial score (nSPS) is 10.1. The minimum Gasteiger partial charge on any atom is -0.368 e. The van der Waals surface area contributed by atoms with Gasteiger partial charge in [-0.2, -0.15) is 0 Å². The molecule has 0 radical (unpaired) electrons. The van der Waals surface area contributed by atoms with E-state index in [4.69, 9.17) is 17.3 Å². The number of nitrogens with zero attached hydrogens (tertiary/aromatic N) is 3. The van der Waals surface area contributed by atoms with E-state index in [9.17, 15) is 0 Å². The Balaban J connectivity index is 2.44. The molecule has 0 unspecified atom stereocenters. The maximum absolute atomic E-state index is 5.71. The van der Waals surface area contributed by atoms with Crippen molar-refractivity contribution in [3.8, 4) is 11.4 Å². The average molecular weight is 207 g/mol. The highest BCUT2D eigenvalue weighted by Gasteiger charge is 2.00. The van der Waals surface area contributed by atoms with E-state index in [1.54, 1.807) is 30.6 Å². The Morgan fingerprint density at radius 2 is 1.93 bits per heavy atom. The van der Waals surface area contributed by atoms with Gasteiger partial charge in [-0.15, -0.1) is 0 Å². The number of rotatable bonds is 1. The number of nitrogen functional groups attached to an aromatic ring is 1. The van der Waals surface area contributed by atoms with E-state index in [1.807, 2.05) is 0 Å². The molecule has 2 N–H and O–H groups in total. The molecule has 0 spiro atoms. The van der Waals surface area contributed by atoms with Gasteiger partial charge in [0.15, 0.2) is 0 Å². The first-order chi connectivity index (χ1) is 6.75. The maximum atomic E-state index is 5.71. The van der Waals surface area contributed by atoms with Gasteiger partial charge >= 0.3 is 0 Å². The van der Waals surface area contributed by atoms with Crippen LogP contribution in [0.3, 0.4) is 0 Å². The molecule has 0 amide bonds. The first-order valence-corrected chi connectivity index (χ1v) is 4.34. The van der Waals surface area contributed by atoms with Crippen molar-refractivity contribution in [1.82, 2.24) is 15.0 Å². The Labute approximate surface area is 85.8 Å². The van der Waals surface area contributed by atoms with Gasteiger partial charge < -0.3 is 5.73 Å². The van der Waals surface area contributed by atoms with Crippen molar-refractivity contribution in [2.75, 3.05) is 5.73 Å². The quantitative estimate of drug-likeness (QED) is 0.773. The summed E-state index contributed by atoms with van der Waals surface area (Å²) in [6.45, 7) is 0. The molecule has 5 heteroatoms. The summed E-state index contributed by atoms with van der Waals surface area (Å²) in [5.74, 6) is 0.235. The van der Waals surface area contributed by atoms with Crippen LogP contribution in [0.1, 0.15) is 0 Å². The van der Waals surface area contributed by atoms with E-state index in [0.29, 0.717) is 10.7 Å². The molecule has 0 bridgehead atoms. The van der Waals surface area contributed by atoms with Crippen LogP contribution in [-0.4, -0.2) is 15.0 Å². The molecular formula is C9H7ClN4. The topological polar surface area (TPSA) is 64.7 Å². The Kier molecular flexibility index (Phi) is 2.28. The molecule has 0 aliphatic heterocycles. The zero-order chi connectivity index (χ0) is 9.97. The predicted molar refractivity (Wildman–Crippen MR) is 54.7 cm³/mol. The van der Waals surface area contributed by atoms with E-state index in [2.05, 4.69) is 15.0 Å². The highest BCUT2D eigenvalue weighted by atomic mass is 35.5. The number of hydrogen-bond donors (Lipinski definition) is 1. The molecule has 2 heterocycles. The second-order valence-corrected chi connectivity index (χ2v) is 3.10. The van der Waals surface area contributed by atoms with Crippen molar-refractivity contribution in [1.29, 1.82) is 0 Å². The molecular weight excluding hydrogens is 200 g/mol. The van der Waals surface area contributed by atoms with Gasteiger partial charge in [0.2, 0.25) is 5.95 Å². The smallest absolute Gasteiger partial charge is 0.220 e. The van der Waals surface area contributed by atoms with E-state index >= 15 is 0 Å². The van der Waals surface area contributed by atoms with Gasteiger partial charge in [-0.25, -0.2) is 9.97 Å². The van der Waals surface area contributed by atoms with Gasteiger partial charge in [-0.05, 0) is 18.2 Å².